The summed E-state index contributed by atoms with van der Waals surface area (Å²) in [4.78, 5) is 0. The molecule has 0 saturated heterocycles. The van der Waals surface area contributed by atoms with E-state index in [-0.39, 0.29) is 17.2 Å². The first kappa shape index (κ1) is 18.1. The number of hydrogen-bond donors (Lipinski definition) is 2. The van der Waals surface area contributed by atoms with Crippen molar-refractivity contribution in [2.75, 3.05) is 25.6 Å². The van der Waals surface area contributed by atoms with Crippen molar-refractivity contribution in [2.45, 2.75) is 52.2 Å². The Morgan fingerprint density at radius 3 is 2.56 bits per heavy atom. The number of nitrogens with two attached hydrogens (primary N) is 1. The van der Waals surface area contributed by atoms with Crippen molar-refractivity contribution in [3.8, 4) is 0 Å². The number of nitrogen functional groups attached to an aromatic ring is 1. The lowest BCUT2D eigenvalue weighted by molar-refractivity contribution is -0.0610. The van der Waals surface area contributed by atoms with Crippen LogP contribution in [0.1, 0.15) is 45.3 Å². The monoisotopic (exact) mass is 346 g/mol. The van der Waals surface area contributed by atoms with Crippen LogP contribution in [0.3, 0.4) is 0 Å². The van der Waals surface area contributed by atoms with E-state index in [1.54, 1.807) is 6.08 Å². The van der Waals surface area contributed by atoms with E-state index < -0.39 is 5.60 Å². The zero-order valence-electron chi connectivity index (χ0n) is 15.7. The van der Waals surface area contributed by atoms with Gasteiger partial charge in [-0.25, -0.2) is 0 Å². The highest BCUT2D eigenvalue weighted by Crippen LogP contribution is 2.49. The van der Waals surface area contributed by atoms with Gasteiger partial charge in [0.2, 0.25) is 0 Å². The van der Waals surface area contributed by atoms with Crippen molar-refractivity contribution in [1.29, 1.82) is 0 Å². The van der Waals surface area contributed by atoms with Gasteiger partial charge in [0.05, 0.1) is 19.3 Å². The highest BCUT2D eigenvalue weighted by Gasteiger charge is 2.47. The first-order valence-electron chi connectivity index (χ1n) is 9.06. The molecule has 3 N–H and O–H groups in total. The summed E-state index contributed by atoms with van der Waals surface area (Å²) >= 11 is 0. The largest absolute Gasteiger partial charge is 0.508 e. The summed E-state index contributed by atoms with van der Waals surface area (Å²) in [7, 11) is 0. The van der Waals surface area contributed by atoms with Gasteiger partial charge >= 0.3 is 0 Å². The Labute approximate surface area is 150 Å². The standard InChI is InChI=1S/C20H30N2O3/c1-5-24-12-20(10-11-20)13-25-19(4)9-8-16(23)15(3)18(19)22-14(2)6-7-17(22)21/h6-9,18,23H,5,10-13,21H2,1-4H3. The fourth-order valence-corrected chi connectivity index (χ4v) is 3.67. The van der Waals surface area contributed by atoms with E-state index in [0.717, 1.165) is 37.3 Å². The zero-order chi connectivity index (χ0) is 18.2. The maximum absolute atomic E-state index is 10.3. The van der Waals surface area contributed by atoms with Gasteiger partial charge in [0.15, 0.2) is 0 Å². The molecule has 2 aliphatic carbocycles. The van der Waals surface area contributed by atoms with E-state index in [0.29, 0.717) is 12.4 Å². The third kappa shape index (κ3) is 3.35. The molecule has 1 saturated carbocycles. The molecule has 1 fully saturated rings. The molecule has 0 aromatic carbocycles. The van der Waals surface area contributed by atoms with Gasteiger partial charge in [0.1, 0.15) is 17.2 Å². The van der Waals surface area contributed by atoms with Crippen LogP contribution >= 0.6 is 0 Å². The van der Waals surface area contributed by atoms with E-state index in [2.05, 4.69) is 11.5 Å². The van der Waals surface area contributed by atoms with Crippen LogP contribution in [0.5, 0.6) is 0 Å². The van der Waals surface area contributed by atoms with Crippen molar-refractivity contribution in [2.24, 2.45) is 5.41 Å². The summed E-state index contributed by atoms with van der Waals surface area (Å²) in [6.45, 7) is 10.2. The van der Waals surface area contributed by atoms with Gasteiger partial charge in [-0.2, -0.15) is 0 Å². The predicted molar refractivity (Wildman–Crippen MR) is 99.6 cm³/mol. The topological polar surface area (TPSA) is 69.6 Å². The second-order valence-corrected chi connectivity index (χ2v) is 7.68. The molecule has 1 heterocycles. The summed E-state index contributed by atoms with van der Waals surface area (Å²) in [5, 5.41) is 10.3. The molecular weight excluding hydrogens is 316 g/mol. The van der Waals surface area contributed by atoms with Crippen LogP contribution in [0.25, 0.3) is 0 Å². The fourth-order valence-electron chi connectivity index (χ4n) is 3.67. The number of ether oxygens (including phenoxy) is 2. The number of anilines is 1. The van der Waals surface area contributed by atoms with E-state index in [9.17, 15) is 5.11 Å². The maximum atomic E-state index is 10.3. The molecule has 2 aliphatic rings. The molecule has 0 amide bonds. The Morgan fingerprint density at radius 2 is 2.00 bits per heavy atom. The van der Waals surface area contributed by atoms with Gasteiger partial charge in [0.25, 0.3) is 0 Å². The minimum atomic E-state index is -0.573. The van der Waals surface area contributed by atoms with Gasteiger partial charge in [-0.05, 0) is 70.4 Å². The van der Waals surface area contributed by atoms with Crippen LogP contribution in [0.4, 0.5) is 5.82 Å². The van der Waals surface area contributed by atoms with Gasteiger partial charge in [0, 0.05) is 17.7 Å². The molecule has 5 heteroatoms. The summed E-state index contributed by atoms with van der Waals surface area (Å²) in [5.41, 5.74) is 7.71. The molecule has 0 radical (unpaired) electrons. The number of nitrogens with zero attached hydrogens (tertiary/aromatic N) is 1. The highest BCUT2D eigenvalue weighted by molar-refractivity contribution is 5.41. The van der Waals surface area contributed by atoms with E-state index >= 15 is 0 Å². The smallest absolute Gasteiger partial charge is 0.116 e. The molecule has 3 rings (SSSR count). The maximum Gasteiger partial charge on any atom is 0.116 e. The van der Waals surface area contributed by atoms with Gasteiger partial charge in [-0.3, -0.25) is 0 Å². The minimum Gasteiger partial charge on any atom is -0.508 e. The van der Waals surface area contributed by atoms with Crippen molar-refractivity contribution < 1.29 is 14.6 Å². The summed E-state index contributed by atoms with van der Waals surface area (Å²) in [6.07, 6.45) is 5.98. The first-order valence-corrected chi connectivity index (χ1v) is 9.06. The number of aliphatic hydroxyl groups excluding tert-OH is 1. The van der Waals surface area contributed by atoms with Crippen LogP contribution in [0, 0.1) is 12.3 Å². The van der Waals surface area contributed by atoms with Crippen LogP contribution in [0.15, 0.2) is 35.6 Å². The number of aryl methyl sites for hydroxylation is 1. The van der Waals surface area contributed by atoms with E-state index in [1.807, 2.05) is 39.0 Å². The second-order valence-electron chi connectivity index (χ2n) is 7.68. The molecule has 5 nitrogen and oxygen atoms in total. The lowest BCUT2D eigenvalue weighted by Gasteiger charge is -2.41. The van der Waals surface area contributed by atoms with Crippen LogP contribution in [-0.4, -0.2) is 35.1 Å². The Hall–Kier alpha value is -1.72. The third-order valence-corrected chi connectivity index (χ3v) is 5.60. The van der Waals surface area contributed by atoms with Gasteiger partial charge in [-0.1, -0.05) is 0 Å². The predicted octanol–water partition coefficient (Wildman–Crippen LogP) is 3.91. The normalized spacial score (nSPS) is 27.8. The number of aromatic nitrogens is 1. The fraction of sp³-hybridized carbons (Fsp3) is 0.600. The molecular formula is C20H30N2O3. The minimum absolute atomic E-state index is 0.145. The Bertz CT molecular complexity index is 680. The van der Waals surface area contributed by atoms with Gasteiger partial charge < -0.3 is 24.9 Å². The lowest BCUT2D eigenvalue weighted by Crippen LogP contribution is -2.42. The summed E-state index contributed by atoms with van der Waals surface area (Å²) < 4.78 is 14.2. The Balaban J connectivity index is 1.86. The van der Waals surface area contributed by atoms with Crippen molar-refractivity contribution in [1.82, 2.24) is 4.57 Å². The SMILES string of the molecule is CCOCC1(COC2(C)C=CC(O)=C(C)C2n2c(C)ccc2N)CC1. The molecule has 1 aromatic rings. The van der Waals surface area contributed by atoms with Crippen molar-refractivity contribution in [3.05, 3.63) is 41.3 Å². The molecule has 0 aliphatic heterocycles. The quantitative estimate of drug-likeness (QED) is 0.785. The summed E-state index contributed by atoms with van der Waals surface area (Å²) in [6, 6.07) is 3.72. The molecule has 0 bridgehead atoms. The number of aliphatic hydroxyl groups is 1. The van der Waals surface area contributed by atoms with Gasteiger partial charge in [-0.15, -0.1) is 0 Å². The Kier molecular flexibility index (Phi) is 4.73. The van der Waals surface area contributed by atoms with Crippen molar-refractivity contribution in [3.63, 3.8) is 0 Å². The average Bonchev–Trinajstić information content (AvgIpc) is 3.30. The molecule has 2 atom stereocenters. The number of hydrogen-bond acceptors (Lipinski definition) is 4. The number of allylic oxidation sites excluding steroid dienone is 1. The molecule has 2 unspecified atom stereocenters. The molecule has 1 aromatic heterocycles. The lowest BCUT2D eigenvalue weighted by atomic mass is 9.84. The van der Waals surface area contributed by atoms with Crippen LogP contribution in [-0.2, 0) is 9.47 Å². The second kappa shape index (κ2) is 6.54. The Morgan fingerprint density at radius 1 is 1.28 bits per heavy atom. The average molecular weight is 346 g/mol. The molecule has 138 valence electrons. The van der Waals surface area contributed by atoms with Crippen molar-refractivity contribution >= 4 is 5.82 Å². The molecule has 25 heavy (non-hydrogen) atoms. The summed E-state index contributed by atoms with van der Waals surface area (Å²) in [5.74, 6) is 0.962. The number of rotatable bonds is 7. The highest BCUT2D eigenvalue weighted by atomic mass is 16.5. The van der Waals surface area contributed by atoms with E-state index in [4.69, 9.17) is 15.2 Å². The molecule has 0 spiro atoms. The first-order chi connectivity index (χ1) is 11.8. The zero-order valence-corrected chi connectivity index (χ0v) is 15.7. The van der Waals surface area contributed by atoms with Crippen LogP contribution in [0.2, 0.25) is 0 Å². The van der Waals surface area contributed by atoms with E-state index in [1.165, 1.54) is 0 Å². The van der Waals surface area contributed by atoms with Crippen LogP contribution < -0.4 is 5.73 Å². The third-order valence-electron chi connectivity index (χ3n) is 5.60.